The molecule has 0 fully saturated rings. The van der Waals surface area contributed by atoms with Crippen molar-refractivity contribution in [3.63, 3.8) is 0 Å². The summed E-state index contributed by atoms with van der Waals surface area (Å²) in [6.45, 7) is -2.80. The van der Waals surface area contributed by atoms with Gasteiger partial charge in [-0.2, -0.15) is 8.78 Å². The Bertz CT molecular complexity index is 95.3. The predicted octanol–water partition coefficient (Wildman–Crippen LogP) is 0.220. The average Bonchev–Trinajstić information content (AvgIpc) is 1.64. The lowest BCUT2D eigenvalue weighted by Crippen LogP contribution is -2.35. The summed E-state index contributed by atoms with van der Waals surface area (Å²) in [6.07, 6.45) is 0. The normalized spacial score (nSPS) is 9.50. The van der Waals surface area contributed by atoms with Crippen molar-refractivity contribution in [2.75, 3.05) is 7.05 Å². The van der Waals surface area contributed by atoms with Gasteiger partial charge in [-0.3, -0.25) is 4.90 Å². The summed E-state index contributed by atoms with van der Waals surface area (Å²) in [4.78, 5) is 9.95. The number of urea groups is 1. The number of hydrogen-bond acceptors (Lipinski definition) is 1. The van der Waals surface area contributed by atoms with E-state index in [0.29, 0.717) is 0 Å². The zero-order chi connectivity index (χ0) is 6.73. The molecule has 0 radical (unpaired) electrons. The molecule has 0 aliphatic heterocycles. The second kappa shape index (κ2) is 2.44. The smallest absolute Gasteiger partial charge is 0.318 e. The molecule has 48 valence electrons. The first-order chi connectivity index (χ1) is 3.55. The van der Waals surface area contributed by atoms with Gasteiger partial charge in [0.2, 0.25) is 0 Å². The second-order valence-electron chi connectivity index (χ2n) is 1.23. The minimum atomic E-state index is -2.80. The number of primary amides is 1. The van der Waals surface area contributed by atoms with Crippen LogP contribution in [0.1, 0.15) is 0 Å². The third kappa shape index (κ3) is 1.72. The Hall–Kier alpha value is -0.870. The first-order valence-electron chi connectivity index (χ1n) is 1.86. The Kier molecular flexibility index (Phi) is 2.18. The summed E-state index contributed by atoms with van der Waals surface area (Å²) >= 11 is 0. The van der Waals surface area contributed by atoms with Crippen LogP contribution >= 0.6 is 0 Å². The molecule has 0 aliphatic rings. The van der Waals surface area contributed by atoms with E-state index in [4.69, 9.17) is 0 Å². The van der Waals surface area contributed by atoms with Gasteiger partial charge in [0.1, 0.15) is 0 Å². The van der Waals surface area contributed by atoms with E-state index in [1.807, 2.05) is 0 Å². The molecule has 0 bridgehead atoms. The molecule has 3 nitrogen and oxygen atoms in total. The zero-order valence-electron chi connectivity index (χ0n) is 4.27. The van der Waals surface area contributed by atoms with Gasteiger partial charge in [-0.15, -0.1) is 0 Å². The minimum absolute atomic E-state index is 0.139. The molecule has 0 atom stereocenters. The van der Waals surface area contributed by atoms with E-state index in [-0.39, 0.29) is 4.90 Å². The van der Waals surface area contributed by atoms with Crippen molar-refractivity contribution in [1.29, 1.82) is 0 Å². The second-order valence-corrected chi connectivity index (χ2v) is 1.23. The van der Waals surface area contributed by atoms with E-state index < -0.39 is 12.6 Å². The summed E-state index contributed by atoms with van der Waals surface area (Å²) < 4.78 is 22.6. The first kappa shape index (κ1) is 7.13. The van der Waals surface area contributed by atoms with Crippen LogP contribution < -0.4 is 5.73 Å². The molecule has 0 rings (SSSR count). The predicted molar refractivity (Wildman–Crippen MR) is 23.4 cm³/mol. The van der Waals surface area contributed by atoms with Crippen molar-refractivity contribution in [2.24, 2.45) is 5.73 Å². The minimum Gasteiger partial charge on any atom is -0.351 e. The quantitative estimate of drug-likeness (QED) is 0.499. The lowest BCUT2D eigenvalue weighted by molar-refractivity contribution is 0.0203. The van der Waals surface area contributed by atoms with Crippen molar-refractivity contribution in [2.45, 2.75) is 6.55 Å². The van der Waals surface area contributed by atoms with E-state index in [1.54, 1.807) is 0 Å². The van der Waals surface area contributed by atoms with Crippen LogP contribution in [0.3, 0.4) is 0 Å². The maximum Gasteiger partial charge on any atom is 0.318 e. The molecular formula is C3H6F2N2O. The lowest BCUT2D eigenvalue weighted by Gasteiger charge is -2.10. The monoisotopic (exact) mass is 124 g/mol. The molecule has 0 aromatic carbocycles. The maximum atomic E-state index is 11.3. The van der Waals surface area contributed by atoms with Crippen LogP contribution in [0.4, 0.5) is 13.6 Å². The van der Waals surface area contributed by atoms with Crippen molar-refractivity contribution < 1.29 is 13.6 Å². The molecule has 5 heteroatoms. The van der Waals surface area contributed by atoms with Gasteiger partial charge in [-0.05, 0) is 0 Å². The molecular weight excluding hydrogens is 118 g/mol. The van der Waals surface area contributed by atoms with Crippen LogP contribution in [0, 0.1) is 0 Å². The maximum absolute atomic E-state index is 11.3. The van der Waals surface area contributed by atoms with Gasteiger partial charge in [-0.1, -0.05) is 0 Å². The van der Waals surface area contributed by atoms with Crippen molar-refractivity contribution in [1.82, 2.24) is 4.90 Å². The Morgan fingerprint density at radius 1 is 1.75 bits per heavy atom. The van der Waals surface area contributed by atoms with Gasteiger partial charge in [0.25, 0.3) is 0 Å². The highest BCUT2D eigenvalue weighted by molar-refractivity contribution is 5.71. The number of carbonyl (C=O) groups is 1. The molecule has 0 heterocycles. The van der Waals surface area contributed by atoms with Crippen molar-refractivity contribution in [3.8, 4) is 0 Å². The van der Waals surface area contributed by atoms with Gasteiger partial charge < -0.3 is 5.73 Å². The van der Waals surface area contributed by atoms with Crippen molar-refractivity contribution >= 4 is 6.03 Å². The Labute approximate surface area is 45.1 Å². The van der Waals surface area contributed by atoms with Crippen LogP contribution in [0.5, 0.6) is 0 Å². The number of alkyl halides is 2. The number of nitrogens with zero attached hydrogens (tertiary/aromatic N) is 1. The molecule has 0 aromatic rings. The number of amides is 2. The molecule has 0 aliphatic carbocycles. The highest BCUT2D eigenvalue weighted by Crippen LogP contribution is 1.96. The largest absolute Gasteiger partial charge is 0.351 e. The molecule has 0 unspecified atom stereocenters. The van der Waals surface area contributed by atoms with Crippen LogP contribution in [0.2, 0.25) is 0 Å². The van der Waals surface area contributed by atoms with Crippen LogP contribution in [-0.4, -0.2) is 24.5 Å². The Balaban J connectivity index is 3.64. The van der Waals surface area contributed by atoms with Crippen LogP contribution in [0.25, 0.3) is 0 Å². The first-order valence-corrected chi connectivity index (χ1v) is 1.86. The highest BCUT2D eigenvalue weighted by Gasteiger charge is 2.12. The third-order valence-electron chi connectivity index (χ3n) is 0.640. The lowest BCUT2D eigenvalue weighted by atomic mass is 10.8. The Morgan fingerprint density at radius 3 is 2.12 bits per heavy atom. The number of nitrogens with two attached hydrogens (primary N) is 1. The van der Waals surface area contributed by atoms with Crippen LogP contribution in [0.15, 0.2) is 0 Å². The average molecular weight is 124 g/mol. The molecule has 2 N–H and O–H groups in total. The summed E-state index contributed by atoms with van der Waals surface area (Å²) in [5.74, 6) is 0. The molecule has 0 saturated carbocycles. The fraction of sp³-hybridized carbons (Fsp3) is 0.667. The fourth-order valence-corrected chi connectivity index (χ4v) is 0.0962. The molecule has 8 heavy (non-hydrogen) atoms. The number of rotatable bonds is 1. The van der Waals surface area contributed by atoms with Gasteiger partial charge in [0, 0.05) is 7.05 Å². The summed E-state index contributed by atoms with van der Waals surface area (Å²) in [5.41, 5.74) is 4.44. The molecule has 0 saturated heterocycles. The standard InChI is InChI=1S/C3H6F2N2O/c1-7(2(4)5)3(6)8/h2H,1H3,(H2,6,8). The van der Waals surface area contributed by atoms with E-state index in [9.17, 15) is 13.6 Å². The van der Waals surface area contributed by atoms with Gasteiger partial charge in [0.05, 0.1) is 0 Å². The molecule has 0 aromatic heterocycles. The summed E-state index contributed by atoms with van der Waals surface area (Å²) in [6, 6.07) is -1.12. The van der Waals surface area contributed by atoms with E-state index >= 15 is 0 Å². The topological polar surface area (TPSA) is 46.3 Å². The molecule has 0 spiro atoms. The summed E-state index contributed by atoms with van der Waals surface area (Å²) in [7, 11) is 0.924. The van der Waals surface area contributed by atoms with E-state index in [0.717, 1.165) is 7.05 Å². The van der Waals surface area contributed by atoms with Gasteiger partial charge >= 0.3 is 12.6 Å². The van der Waals surface area contributed by atoms with E-state index in [1.165, 1.54) is 0 Å². The molecule has 2 amide bonds. The van der Waals surface area contributed by atoms with Crippen molar-refractivity contribution in [3.05, 3.63) is 0 Å². The zero-order valence-corrected chi connectivity index (χ0v) is 4.27. The van der Waals surface area contributed by atoms with Gasteiger partial charge in [-0.25, -0.2) is 4.79 Å². The fourth-order valence-electron chi connectivity index (χ4n) is 0.0962. The van der Waals surface area contributed by atoms with Crippen LogP contribution in [-0.2, 0) is 0 Å². The third-order valence-corrected chi connectivity index (χ3v) is 0.640. The number of hydrogen-bond donors (Lipinski definition) is 1. The number of halogens is 2. The SMILES string of the molecule is CN(C(N)=O)C(F)F. The highest BCUT2D eigenvalue weighted by atomic mass is 19.3. The number of carbonyl (C=O) groups excluding carboxylic acids is 1. The summed E-state index contributed by atoms with van der Waals surface area (Å²) in [5, 5.41) is 0. The van der Waals surface area contributed by atoms with E-state index in [2.05, 4.69) is 5.73 Å². The Morgan fingerprint density at radius 2 is 2.12 bits per heavy atom. The van der Waals surface area contributed by atoms with Gasteiger partial charge in [0.15, 0.2) is 0 Å².